The highest BCUT2D eigenvalue weighted by atomic mass is 32.2. The minimum absolute atomic E-state index is 0.0274. The van der Waals surface area contributed by atoms with Crippen molar-refractivity contribution in [1.29, 1.82) is 0 Å². The number of ether oxygens (including phenoxy) is 1. The molecule has 2 N–H and O–H groups in total. The lowest BCUT2D eigenvalue weighted by Crippen LogP contribution is -2.32. The summed E-state index contributed by atoms with van der Waals surface area (Å²) in [7, 11) is 0. The molecule has 1 fully saturated rings. The van der Waals surface area contributed by atoms with E-state index >= 15 is 0 Å². The van der Waals surface area contributed by atoms with Crippen LogP contribution in [0.4, 0.5) is 24.5 Å². The van der Waals surface area contributed by atoms with Crippen molar-refractivity contribution in [3.63, 3.8) is 0 Å². The molecule has 3 atom stereocenters. The number of alkyl halides is 3. The van der Waals surface area contributed by atoms with Crippen LogP contribution < -0.4 is 19.8 Å². The fraction of sp³-hybridized carbons (Fsp3) is 0.200. The van der Waals surface area contributed by atoms with E-state index in [1.165, 1.54) is 28.8 Å². The van der Waals surface area contributed by atoms with Crippen LogP contribution in [0.2, 0.25) is 0 Å². The number of aromatic amines is 1. The van der Waals surface area contributed by atoms with Gasteiger partial charge in [-0.25, -0.2) is 4.90 Å². The number of benzene rings is 3. The second kappa shape index (κ2) is 11.0. The van der Waals surface area contributed by atoms with E-state index in [-0.39, 0.29) is 28.1 Å². The highest BCUT2D eigenvalue weighted by molar-refractivity contribution is 8.00. The van der Waals surface area contributed by atoms with Gasteiger partial charge in [-0.05, 0) is 55.0 Å². The summed E-state index contributed by atoms with van der Waals surface area (Å²) in [5.41, 5.74) is 1.13. The average molecular weight is 626 g/mol. The number of hydrogen-bond acceptors (Lipinski definition) is 7. The van der Waals surface area contributed by atoms with Crippen molar-refractivity contribution >= 4 is 52.2 Å². The third kappa shape index (κ3) is 5.57. The Labute approximate surface area is 250 Å². The van der Waals surface area contributed by atoms with Crippen molar-refractivity contribution in [2.75, 3.05) is 16.8 Å². The molecule has 13 heteroatoms. The quantitative estimate of drug-likeness (QED) is 0.271. The number of aryl methyl sites for hydroxylation is 1. The predicted octanol–water partition coefficient (Wildman–Crippen LogP) is 5.58. The normalized spacial score (nSPS) is 19.6. The Kier molecular flexibility index (Phi) is 7.38. The molecule has 0 saturated carbocycles. The van der Waals surface area contributed by atoms with Gasteiger partial charge in [0.25, 0.3) is 5.91 Å². The predicted molar refractivity (Wildman–Crippen MR) is 156 cm³/mol. The van der Waals surface area contributed by atoms with Crippen LogP contribution in [0.25, 0.3) is 0 Å². The second-order valence-electron chi connectivity index (χ2n) is 10.1. The van der Waals surface area contributed by atoms with Gasteiger partial charge in [-0.2, -0.15) is 13.2 Å². The molecule has 220 valence electrons. The number of imide groups is 1. The number of H-pyrrole nitrogens is 1. The van der Waals surface area contributed by atoms with Gasteiger partial charge in [-0.1, -0.05) is 59.0 Å². The monoisotopic (exact) mass is 625 g/mol. The number of rotatable bonds is 6. The van der Waals surface area contributed by atoms with Gasteiger partial charge < -0.3 is 15.0 Å². The van der Waals surface area contributed by atoms with Crippen LogP contribution in [-0.2, 0) is 20.6 Å². The summed E-state index contributed by atoms with van der Waals surface area (Å²) in [6, 6.07) is 18.0. The van der Waals surface area contributed by atoms with E-state index in [4.69, 9.17) is 4.74 Å². The van der Waals surface area contributed by atoms with Gasteiger partial charge in [-0.15, -0.1) is 0 Å². The van der Waals surface area contributed by atoms with Crippen LogP contribution in [0.1, 0.15) is 27.5 Å². The van der Waals surface area contributed by atoms with Crippen LogP contribution >= 0.6 is 23.1 Å². The van der Waals surface area contributed by atoms with Crippen molar-refractivity contribution in [3.8, 4) is 5.75 Å². The molecule has 2 aliphatic heterocycles. The summed E-state index contributed by atoms with van der Waals surface area (Å²) < 4.78 is 44.7. The maximum Gasteiger partial charge on any atom is 0.416 e. The average Bonchev–Trinajstić information content (AvgIpc) is 3.46. The number of thioether (sulfide) groups is 1. The van der Waals surface area contributed by atoms with Gasteiger partial charge in [-0.3, -0.25) is 19.2 Å². The first-order valence-corrected chi connectivity index (χ1v) is 14.7. The first-order chi connectivity index (χ1) is 20.5. The summed E-state index contributed by atoms with van der Waals surface area (Å²) in [6.07, 6.45) is -4.55. The first-order valence-electron chi connectivity index (χ1n) is 13.0. The number of nitrogens with zero attached hydrogens (tertiary/aromatic N) is 1. The molecule has 3 heterocycles. The van der Waals surface area contributed by atoms with Crippen molar-refractivity contribution in [2.24, 2.45) is 5.92 Å². The molecular weight excluding hydrogens is 603 g/mol. The highest BCUT2D eigenvalue weighted by Crippen LogP contribution is 2.53. The SMILES string of the molecule is Cc1ccc(N2C(=O)C3Sc4[nH]c(=O)sc4[C@H](c4cccc(OCC(=O)Nc5cccc(C(F)(F)F)c5)c4)C3C2=O)cc1. The summed E-state index contributed by atoms with van der Waals surface area (Å²) in [5.74, 6) is -2.59. The van der Waals surface area contributed by atoms with E-state index in [0.29, 0.717) is 21.2 Å². The number of fused-ring (bicyclic) bond motifs is 2. The summed E-state index contributed by atoms with van der Waals surface area (Å²) in [4.78, 5) is 56.5. The van der Waals surface area contributed by atoms with E-state index in [1.807, 2.05) is 19.1 Å². The molecule has 8 nitrogen and oxygen atoms in total. The molecule has 43 heavy (non-hydrogen) atoms. The number of carbonyl (C=O) groups excluding carboxylic acids is 3. The van der Waals surface area contributed by atoms with Crippen LogP contribution in [0.5, 0.6) is 5.75 Å². The van der Waals surface area contributed by atoms with E-state index in [0.717, 1.165) is 29.0 Å². The minimum Gasteiger partial charge on any atom is -0.484 e. The summed E-state index contributed by atoms with van der Waals surface area (Å²) >= 11 is 2.14. The van der Waals surface area contributed by atoms with E-state index in [9.17, 15) is 32.3 Å². The fourth-order valence-electron chi connectivity index (χ4n) is 5.24. The van der Waals surface area contributed by atoms with Gasteiger partial charge in [0.15, 0.2) is 6.61 Å². The Bertz CT molecular complexity index is 1800. The molecular formula is C30H22F3N3O5S2. The van der Waals surface area contributed by atoms with Gasteiger partial charge in [0, 0.05) is 16.5 Å². The Hall–Kier alpha value is -4.36. The van der Waals surface area contributed by atoms with Crippen LogP contribution in [0.15, 0.2) is 82.6 Å². The number of halogens is 3. The zero-order valence-electron chi connectivity index (χ0n) is 22.3. The minimum atomic E-state index is -4.55. The molecule has 0 aliphatic carbocycles. The molecule has 2 aliphatic rings. The van der Waals surface area contributed by atoms with E-state index in [2.05, 4.69) is 10.3 Å². The van der Waals surface area contributed by atoms with Gasteiger partial charge in [0.2, 0.25) is 11.8 Å². The number of aromatic nitrogens is 1. The van der Waals surface area contributed by atoms with Gasteiger partial charge in [0.1, 0.15) is 11.0 Å². The number of nitrogens with one attached hydrogen (secondary N) is 2. The molecule has 6 rings (SSSR count). The molecule has 1 aromatic heterocycles. The lowest BCUT2D eigenvalue weighted by molar-refractivity contribution is -0.137. The van der Waals surface area contributed by atoms with E-state index < -0.39 is 41.3 Å². The molecule has 0 bridgehead atoms. The van der Waals surface area contributed by atoms with Crippen LogP contribution in [0, 0.1) is 12.8 Å². The number of thiazole rings is 1. The Morgan fingerprint density at radius 1 is 1.00 bits per heavy atom. The lowest BCUT2D eigenvalue weighted by Gasteiger charge is -2.30. The highest BCUT2D eigenvalue weighted by Gasteiger charge is 2.56. The zero-order valence-corrected chi connectivity index (χ0v) is 23.9. The summed E-state index contributed by atoms with van der Waals surface area (Å²) in [6.45, 7) is 1.41. The first kappa shape index (κ1) is 28.7. The zero-order chi connectivity index (χ0) is 30.5. The molecule has 0 spiro atoms. The van der Waals surface area contributed by atoms with Crippen molar-refractivity contribution in [1.82, 2.24) is 4.98 Å². The third-order valence-corrected chi connectivity index (χ3v) is 9.58. The molecule has 3 amide bonds. The number of carbonyl (C=O) groups is 3. The van der Waals surface area contributed by atoms with E-state index in [1.54, 1.807) is 36.4 Å². The molecule has 1 saturated heterocycles. The Morgan fingerprint density at radius 3 is 2.49 bits per heavy atom. The van der Waals surface area contributed by atoms with Crippen molar-refractivity contribution in [3.05, 3.63) is 104 Å². The Balaban J connectivity index is 1.25. The largest absolute Gasteiger partial charge is 0.484 e. The molecule has 2 unspecified atom stereocenters. The topological polar surface area (TPSA) is 109 Å². The smallest absolute Gasteiger partial charge is 0.416 e. The molecule has 3 aromatic carbocycles. The number of hydrogen-bond donors (Lipinski definition) is 2. The second-order valence-corrected chi connectivity index (χ2v) is 12.3. The number of amides is 3. The van der Waals surface area contributed by atoms with Crippen LogP contribution in [-0.4, -0.2) is 34.6 Å². The third-order valence-electron chi connectivity index (χ3n) is 7.18. The van der Waals surface area contributed by atoms with Crippen LogP contribution in [0.3, 0.4) is 0 Å². The molecule has 4 aromatic rings. The van der Waals surface area contributed by atoms with Crippen molar-refractivity contribution < 1.29 is 32.3 Å². The van der Waals surface area contributed by atoms with Crippen molar-refractivity contribution in [2.45, 2.75) is 29.3 Å². The maximum atomic E-state index is 13.8. The Morgan fingerprint density at radius 2 is 1.74 bits per heavy atom. The molecule has 0 radical (unpaired) electrons. The summed E-state index contributed by atoms with van der Waals surface area (Å²) in [5, 5.41) is 2.15. The number of anilines is 2. The lowest BCUT2D eigenvalue weighted by atomic mass is 9.83. The van der Waals surface area contributed by atoms with Gasteiger partial charge in [0.05, 0.1) is 22.2 Å². The van der Waals surface area contributed by atoms with Gasteiger partial charge >= 0.3 is 11.0 Å². The standard InChI is InChI=1S/C30H22F3N3O5S2/c1-15-8-10-19(11-9-15)36-27(38)23-22(24-26(35-29(40)43-24)42-25(23)28(36)39)16-4-2-7-20(12-16)41-14-21(37)34-18-6-3-5-17(13-18)30(31,32)33/h2-13,22-23,25H,14H2,1H3,(H,34,37)(H,35,40)/t22-,23?,25?/m1/s1. The maximum absolute atomic E-state index is 13.8. The fourth-order valence-corrected chi connectivity index (χ4v) is 7.76.